The van der Waals surface area contributed by atoms with Crippen molar-refractivity contribution in [3.05, 3.63) is 0 Å². The maximum Gasteiger partial charge on any atom is 0.472 e. The van der Waals surface area contributed by atoms with Crippen LogP contribution in [0.4, 0.5) is 0 Å². The molecule has 1 atom stereocenters. The Hall–Kier alpha value is 0.0300. The van der Waals surface area contributed by atoms with E-state index in [0.29, 0.717) is 13.2 Å². The van der Waals surface area contributed by atoms with E-state index in [0.717, 1.165) is 6.42 Å². The highest BCUT2D eigenvalue weighted by Crippen LogP contribution is 2.42. The lowest BCUT2D eigenvalue weighted by Crippen LogP contribution is -2.07. The molecule has 0 radical (unpaired) electrons. The van der Waals surface area contributed by atoms with Gasteiger partial charge in [0, 0.05) is 13.2 Å². The Labute approximate surface area is 96.5 Å². The highest BCUT2D eigenvalue weighted by Gasteiger charge is 2.20. The van der Waals surface area contributed by atoms with Crippen LogP contribution in [-0.2, 0) is 23.1 Å². The summed E-state index contributed by atoms with van der Waals surface area (Å²) in [5.41, 5.74) is 0. The lowest BCUT2D eigenvalue weighted by atomic mass is 10.5. The fraction of sp³-hybridized carbons (Fsp3) is 1.00. The van der Waals surface area contributed by atoms with Crippen LogP contribution in [0.2, 0.25) is 0 Å². The average Bonchev–Trinajstić information content (AvgIpc) is 2.24. The molecule has 0 aliphatic carbocycles. The molecule has 6 nitrogen and oxygen atoms in total. The Morgan fingerprint density at radius 2 is 1.50 bits per heavy atom. The van der Waals surface area contributed by atoms with Crippen molar-refractivity contribution in [3.8, 4) is 0 Å². The second kappa shape index (κ2) is 10.2. The van der Waals surface area contributed by atoms with Crippen molar-refractivity contribution < 1.29 is 28.0 Å². The fourth-order valence-electron chi connectivity index (χ4n) is 0.851. The van der Waals surface area contributed by atoms with Crippen molar-refractivity contribution in [2.75, 3.05) is 39.6 Å². The monoisotopic (exact) mass is 256 g/mol. The van der Waals surface area contributed by atoms with Gasteiger partial charge in [-0.05, 0) is 13.3 Å². The summed E-state index contributed by atoms with van der Waals surface area (Å²) in [5, 5.41) is 0. The minimum atomic E-state index is -3.94. The molecular formula is C9H21O6P. The Bertz CT molecular complexity index is 198. The smallest absolute Gasteiger partial charge is 0.379 e. The lowest BCUT2D eigenvalue weighted by molar-refractivity contribution is 0.0608. The quantitative estimate of drug-likeness (QED) is 0.447. The maximum atomic E-state index is 11.2. The molecule has 0 aromatic heterocycles. The third kappa shape index (κ3) is 10.5. The molecule has 0 aliphatic heterocycles. The van der Waals surface area contributed by atoms with Crippen molar-refractivity contribution in [3.63, 3.8) is 0 Å². The molecule has 0 aromatic carbocycles. The molecule has 7 heteroatoms. The highest BCUT2D eigenvalue weighted by atomic mass is 31.2. The van der Waals surface area contributed by atoms with Crippen molar-refractivity contribution in [1.29, 1.82) is 0 Å². The number of rotatable bonds is 11. The third-order valence-electron chi connectivity index (χ3n) is 1.52. The Morgan fingerprint density at radius 1 is 0.938 bits per heavy atom. The first-order chi connectivity index (χ1) is 7.62. The topological polar surface area (TPSA) is 74.2 Å². The molecule has 0 spiro atoms. The zero-order chi connectivity index (χ0) is 12.3. The number of hydrogen-bond donors (Lipinski definition) is 1. The zero-order valence-corrected chi connectivity index (χ0v) is 10.8. The van der Waals surface area contributed by atoms with E-state index in [1.54, 1.807) is 0 Å². The number of ether oxygens (including phenoxy) is 2. The predicted molar refractivity (Wildman–Crippen MR) is 59.3 cm³/mol. The largest absolute Gasteiger partial charge is 0.472 e. The van der Waals surface area contributed by atoms with E-state index in [2.05, 4.69) is 9.05 Å². The molecule has 98 valence electrons. The summed E-state index contributed by atoms with van der Waals surface area (Å²) in [7, 11) is -3.94. The van der Waals surface area contributed by atoms with E-state index in [9.17, 15) is 9.46 Å². The molecule has 0 saturated heterocycles. The van der Waals surface area contributed by atoms with Crippen molar-refractivity contribution >= 4 is 7.82 Å². The molecular weight excluding hydrogens is 235 g/mol. The zero-order valence-electron chi connectivity index (χ0n) is 9.89. The van der Waals surface area contributed by atoms with Crippen molar-refractivity contribution in [2.24, 2.45) is 0 Å². The van der Waals surface area contributed by atoms with Gasteiger partial charge in [-0.2, -0.15) is 0 Å². The SMILES string of the molecule is CCCOCCOP(=O)(O)OCCOCC. The second-order valence-electron chi connectivity index (χ2n) is 2.94. The van der Waals surface area contributed by atoms with E-state index in [-0.39, 0.29) is 26.4 Å². The summed E-state index contributed by atoms with van der Waals surface area (Å²) >= 11 is 0. The van der Waals surface area contributed by atoms with Crippen LogP contribution in [0.3, 0.4) is 0 Å². The Kier molecular flexibility index (Phi) is 10.2. The van der Waals surface area contributed by atoms with E-state index in [1.807, 2.05) is 13.8 Å². The molecule has 16 heavy (non-hydrogen) atoms. The van der Waals surface area contributed by atoms with Gasteiger partial charge in [0.05, 0.1) is 26.4 Å². The first-order valence-corrected chi connectivity index (χ1v) is 6.89. The molecule has 1 unspecified atom stereocenters. The molecule has 0 heterocycles. The summed E-state index contributed by atoms with van der Waals surface area (Å²) in [4.78, 5) is 9.17. The summed E-state index contributed by atoms with van der Waals surface area (Å²) in [6.07, 6.45) is 0.904. The molecule has 0 rings (SSSR count). The van der Waals surface area contributed by atoms with Gasteiger partial charge < -0.3 is 14.4 Å². The molecule has 0 aliphatic rings. The highest BCUT2D eigenvalue weighted by molar-refractivity contribution is 7.47. The van der Waals surface area contributed by atoms with Crippen LogP contribution >= 0.6 is 7.82 Å². The first kappa shape index (κ1) is 16.0. The summed E-state index contributed by atoms with van der Waals surface area (Å²) < 4.78 is 30.6. The standard InChI is InChI=1S/C9H21O6P/c1-3-5-13-7-9-15-16(10,11)14-8-6-12-4-2/h3-9H2,1-2H3,(H,10,11). The van der Waals surface area contributed by atoms with Gasteiger partial charge in [0.25, 0.3) is 0 Å². The Balaban J connectivity index is 3.43. The van der Waals surface area contributed by atoms with Gasteiger partial charge in [-0.15, -0.1) is 0 Å². The van der Waals surface area contributed by atoms with Crippen LogP contribution in [0.15, 0.2) is 0 Å². The molecule has 0 fully saturated rings. The van der Waals surface area contributed by atoms with Crippen LogP contribution in [0, 0.1) is 0 Å². The van der Waals surface area contributed by atoms with E-state index < -0.39 is 7.82 Å². The summed E-state index contributed by atoms with van der Waals surface area (Å²) in [6.45, 7) is 5.62. The number of phosphoric acid groups is 1. The van der Waals surface area contributed by atoms with Gasteiger partial charge in [0.15, 0.2) is 0 Å². The molecule has 0 bridgehead atoms. The van der Waals surface area contributed by atoms with Gasteiger partial charge in [0.2, 0.25) is 0 Å². The fourth-order valence-corrected chi connectivity index (χ4v) is 1.54. The van der Waals surface area contributed by atoms with Gasteiger partial charge in [-0.25, -0.2) is 4.57 Å². The summed E-state index contributed by atoms with van der Waals surface area (Å²) in [5.74, 6) is 0. The second-order valence-corrected chi connectivity index (χ2v) is 4.40. The minimum Gasteiger partial charge on any atom is -0.379 e. The molecule has 0 amide bonds. The Morgan fingerprint density at radius 3 is 2.00 bits per heavy atom. The van der Waals surface area contributed by atoms with Gasteiger partial charge in [0.1, 0.15) is 0 Å². The van der Waals surface area contributed by atoms with Crippen LogP contribution in [0.1, 0.15) is 20.3 Å². The van der Waals surface area contributed by atoms with Crippen LogP contribution in [0.5, 0.6) is 0 Å². The minimum absolute atomic E-state index is 0.0391. The van der Waals surface area contributed by atoms with Crippen molar-refractivity contribution in [1.82, 2.24) is 0 Å². The van der Waals surface area contributed by atoms with Crippen LogP contribution in [0.25, 0.3) is 0 Å². The first-order valence-electron chi connectivity index (χ1n) is 5.39. The van der Waals surface area contributed by atoms with Gasteiger partial charge in [-0.1, -0.05) is 6.92 Å². The van der Waals surface area contributed by atoms with Crippen LogP contribution < -0.4 is 0 Å². The summed E-state index contributed by atoms with van der Waals surface area (Å²) in [6, 6.07) is 0. The van der Waals surface area contributed by atoms with E-state index in [1.165, 1.54) is 0 Å². The normalized spacial score (nSPS) is 14.9. The average molecular weight is 256 g/mol. The predicted octanol–water partition coefficient (Wildman–Crippen LogP) is 1.58. The van der Waals surface area contributed by atoms with Crippen molar-refractivity contribution in [2.45, 2.75) is 20.3 Å². The molecule has 0 saturated carbocycles. The lowest BCUT2D eigenvalue weighted by Gasteiger charge is -2.12. The van der Waals surface area contributed by atoms with Crippen LogP contribution in [-0.4, -0.2) is 44.5 Å². The van der Waals surface area contributed by atoms with E-state index >= 15 is 0 Å². The maximum absolute atomic E-state index is 11.2. The van der Waals surface area contributed by atoms with E-state index in [4.69, 9.17) is 9.47 Å². The molecule has 0 aromatic rings. The number of phosphoric ester groups is 1. The third-order valence-corrected chi connectivity index (χ3v) is 2.53. The number of hydrogen-bond acceptors (Lipinski definition) is 5. The van der Waals surface area contributed by atoms with Gasteiger partial charge in [-0.3, -0.25) is 9.05 Å². The van der Waals surface area contributed by atoms with Gasteiger partial charge >= 0.3 is 7.82 Å². The molecule has 1 N–H and O–H groups in total.